The molecule has 0 aliphatic heterocycles. The van der Waals surface area contributed by atoms with Crippen LogP contribution in [-0.2, 0) is 6.54 Å². The van der Waals surface area contributed by atoms with E-state index < -0.39 is 23.1 Å². The fourth-order valence-corrected chi connectivity index (χ4v) is 2.71. The molecule has 0 aliphatic carbocycles. The van der Waals surface area contributed by atoms with Gasteiger partial charge in [0.1, 0.15) is 11.4 Å². The molecule has 2 aromatic carbocycles. The van der Waals surface area contributed by atoms with E-state index in [-0.39, 0.29) is 10.9 Å². The molecule has 1 heterocycles. The predicted molar refractivity (Wildman–Crippen MR) is 96.8 cm³/mol. The van der Waals surface area contributed by atoms with Crippen LogP contribution in [0.25, 0.3) is 10.9 Å². The Labute approximate surface area is 148 Å². The number of pyridine rings is 1. The number of anilines is 1. The van der Waals surface area contributed by atoms with E-state index in [2.05, 4.69) is 5.32 Å². The van der Waals surface area contributed by atoms with Crippen molar-refractivity contribution in [2.75, 3.05) is 5.32 Å². The Morgan fingerprint density at radius 3 is 2.46 bits per heavy atom. The molecular formula is C19H16FN3O3. The number of hydrogen-bond acceptors (Lipinski definition) is 3. The van der Waals surface area contributed by atoms with Crippen LogP contribution in [0.5, 0.6) is 0 Å². The Morgan fingerprint density at radius 1 is 1.15 bits per heavy atom. The topological polar surface area (TPSA) is 94.2 Å². The van der Waals surface area contributed by atoms with Crippen molar-refractivity contribution in [3.8, 4) is 0 Å². The first-order chi connectivity index (χ1) is 12.4. The highest BCUT2D eigenvalue weighted by Crippen LogP contribution is 2.15. The predicted octanol–water partition coefficient (Wildman–Crippen LogP) is 2.51. The molecule has 1 aromatic heterocycles. The molecule has 7 heteroatoms. The number of rotatable bonds is 4. The van der Waals surface area contributed by atoms with Crippen molar-refractivity contribution in [1.29, 1.82) is 0 Å². The van der Waals surface area contributed by atoms with Gasteiger partial charge in [-0.05, 0) is 49.4 Å². The number of primary amides is 1. The number of carbonyl (C=O) groups is 2. The minimum Gasteiger partial charge on any atom is -0.366 e. The molecule has 132 valence electrons. The third-order valence-electron chi connectivity index (χ3n) is 4.05. The number of benzene rings is 2. The third-order valence-corrected chi connectivity index (χ3v) is 4.05. The minimum absolute atomic E-state index is 0.0936. The van der Waals surface area contributed by atoms with E-state index in [9.17, 15) is 18.8 Å². The number of nitrogens with zero attached hydrogens (tertiary/aromatic N) is 1. The number of hydrogen-bond donors (Lipinski definition) is 2. The highest BCUT2D eigenvalue weighted by molar-refractivity contribution is 6.06. The molecule has 6 nitrogen and oxygen atoms in total. The zero-order valence-electron chi connectivity index (χ0n) is 14.0. The maximum absolute atomic E-state index is 13.5. The highest BCUT2D eigenvalue weighted by Gasteiger charge is 2.16. The maximum Gasteiger partial charge on any atom is 0.261 e. The lowest BCUT2D eigenvalue weighted by Crippen LogP contribution is -2.24. The van der Waals surface area contributed by atoms with Crippen molar-refractivity contribution >= 4 is 28.4 Å². The van der Waals surface area contributed by atoms with Gasteiger partial charge < -0.3 is 15.6 Å². The Balaban J connectivity index is 2.01. The lowest BCUT2D eigenvalue weighted by Gasteiger charge is -2.12. The molecule has 3 aromatic rings. The van der Waals surface area contributed by atoms with Crippen LogP contribution in [0.1, 0.15) is 27.6 Å². The van der Waals surface area contributed by atoms with Crippen molar-refractivity contribution in [1.82, 2.24) is 4.57 Å². The van der Waals surface area contributed by atoms with Crippen LogP contribution in [0.15, 0.2) is 53.5 Å². The average molecular weight is 353 g/mol. The molecule has 26 heavy (non-hydrogen) atoms. The number of aromatic nitrogens is 1. The van der Waals surface area contributed by atoms with Gasteiger partial charge in [-0.15, -0.1) is 0 Å². The molecule has 0 radical (unpaired) electrons. The standard InChI is InChI=1S/C19H16FN3O3/c1-2-23-10-15(17(24)14-9-12(20)5-8-16(14)23)19(26)22-13-6-3-11(4-7-13)18(21)25/h3-10H,2H2,1H3,(H2,21,25)(H,22,26). The summed E-state index contributed by atoms with van der Waals surface area (Å²) < 4.78 is 15.3. The van der Waals surface area contributed by atoms with Crippen LogP contribution in [0.2, 0.25) is 0 Å². The van der Waals surface area contributed by atoms with E-state index in [1.165, 1.54) is 42.6 Å². The molecule has 0 atom stereocenters. The smallest absolute Gasteiger partial charge is 0.261 e. The second kappa shape index (κ2) is 6.79. The van der Waals surface area contributed by atoms with Crippen LogP contribution < -0.4 is 16.5 Å². The first-order valence-corrected chi connectivity index (χ1v) is 7.94. The molecule has 0 bridgehead atoms. The largest absolute Gasteiger partial charge is 0.366 e. The van der Waals surface area contributed by atoms with Gasteiger partial charge in [-0.25, -0.2) is 4.39 Å². The maximum atomic E-state index is 13.5. The van der Waals surface area contributed by atoms with Crippen LogP contribution in [0.3, 0.4) is 0 Å². The molecule has 3 rings (SSSR count). The van der Waals surface area contributed by atoms with Crippen LogP contribution in [-0.4, -0.2) is 16.4 Å². The number of nitrogens with two attached hydrogens (primary N) is 1. The van der Waals surface area contributed by atoms with Gasteiger partial charge in [-0.3, -0.25) is 14.4 Å². The summed E-state index contributed by atoms with van der Waals surface area (Å²) in [6.45, 7) is 2.37. The molecule has 0 saturated carbocycles. The summed E-state index contributed by atoms with van der Waals surface area (Å²) in [7, 11) is 0. The summed E-state index contributed by atoms with van der Waals surface area (Å²) in [5.41, 5.74) is 5.80. The van der Waals surface area contributed by atoms with Gasteiger partial charge >= 0.3 is 0 Å². The van der Waals surface area contributed by atoms with Gasteiger partial charge in [0.05, 0.1) is 5.52 Å². The van der Waals surface area contributed by atoms with E-state index in [4.69, 9.17) is 5.73 Å². The number of halogens is 1. The minimum atomic E-state index is -0.616. The monoisotopic (exact) mass is 353 g/mol. The van der Waals surface area contributed by atoms with Crippen LogP contribution in [0.4, 0.5) is 10.1 Å². The molecule has 3 N–H and O–H groups in total. The number of amides is 2. The quantitative estimate of drug-likeness (QED) is 0.754. The second-order valence-electron chi connectivity index (χ2n) is 5.72. The molecule has 0 aliphatic rings. The van der Waals surface area contributed by atoms with Crippen LogP contribution >= 0.6 is 0 Å². The molecule has 2 amide bonds. The number of aryl methyl sites for hydroxylation is 1. The zero-order chi connectivity index (χ0) is 18.8. The summed E-state index contributed by atoms with van der Waals surface area (Å²) in [6.07, 6.45) is 1.45. The summed E-state index contributed by atoms with van der Waals surface area (Å²) in [4.78, 5) is 36.2. The number of carbonyl (C=O) groups excluding carboxylic acids is 2. The van der Waals surface area contributed by atoms with Crippen molar-refractivity contribution in [2.24, 2.45) is 5.73 Å². The number of nitrogens with one attached hydrogen (secondary N) is 1. The Bertz CT molecular complexity index is 1070. The van der Waals surface area contributed by atoms with E-state index in [1.54, 1.807) is 4.57 Å². The molecule has 0 fully saturated rings. The fourth-order valence-electron chi connectivity index (χ4n) is 2.71. The van der Waals surface area contributed by atoms with E-state index in [1.807, 2.05) is 6.92 Å². The number of fused-ring (bicyclic) bond motifs is 1. The normalized spacial score (nSPS) is 10.7. The van der Waals surface area contributed by atoms with Gasteiger partial charge in [0.15, 0.2) is 0 Å². The summed E-state index contributed by atoms with van der Waals surface area (Å²) in [5, 5.41) is 2.74. The summed E-state index contributed by atoms with van der Waals surface area (Å²) >= 11 is 0. The average Bonchev–Trinajstić information content (AvgIpc) is 2.62. The van der Waals surface area contributed by atoms with Gasteiger partial charge in [-0.1, -0.05) is 0 Å². The SMILES string of the molecule is CCn1cc(C(=O)Nc2ccc(C(N)=O)cc2)c(=O)c2cc(F)ccc21. The lowest BCUT2D eigenvalue weighted by atomic mass is 10.1. The van der Waals surface area contributed by atoms with Gasteiger partial charge in [0.2, 0.25) is 11.3 Å². The van der Waals surface area contributed by atoms with E-state index in [0.29, 0.717) is 23.3 Å². The van der Waals surface area contributed by atoms with Crippen LogP contribution in [0, 0.1) is 5.82 Å². The summed E-state index contributed by atoms with van der Waals surface area (Å²) in [5.74, 6) is -1.74. The molecule has 0 spiro atoms. The second-order valence-corrected chi connectivity index (χ2v) is 5.72. The third kappa shape index (κ3) is 3.19. The van der Waals surface area contributed by atoms with Crippen molar-refractivity contribution in [3.63, 3.8) is 0 Å². The van der Waals surface area contributed by atoms with Gasteiger partial charge in [0, 0.05) is 29.4 Å². The van der Waals surface area contributed by atoms with E-state index >= 15 is 0 Å². The van der Waals surface area contributed by atoms with Gasteiger partial charge in [-0.2, -0.15) is 0 Å². The molecule has 0 unspecified atom stereocenters. The fraction of sp³-hybridized carbons (Fsp3) is 0.105. The van der Waals surface area contributed by atoms with Crippen molar-refractivity contribution < 1.29 is 14.0 Å². The molecular weight excluding hydrogens is 337 g/mol. The Hall–Kier alpha value is -3.48. The molecule has 0 saturated heterocycles. The van der Waals surface area contributed by atoms with Gasteiger partial charge in [0.25, 0.3) is 5.91 Å². The first kappa shape index (κ1) is 17.3. The van der Waals surface area contributed by atoms with E-state index in [0.717, 1.165) is 6.07 Å². The Kier molecular flexibility index (Phi) is 4.53. The summed E-state index contributed by atoms with van der Waals surface area (Å²) in [6, 6.07) is 9.88. The lowest BCUT2D eigenvalue weighted by molar-refractivity contribution is 0.0998. The van der Waals surface area contributed by atoms with Crippen molar-refractivity contribution in [3.05, 3.63) is 75.8 Å². The first-order valence-electron chi connectivity index (χ1n) is 7.94. The Morgan fingerprint density at radius 2 is 1.85 bits per heavy atom. The zero-order valence-corrected chi connectivity index (χ0v) is 14.0. The van der Waals surface area contributed by atoms with Crippen molar-refractivity contribution in [2.45, 2.75) is 13.5 Å². The highest BCUT2D eigenvalue weighted by atomic mass is 19.1.